The molecule has 0 fully saturated rings. The van der Waals surface area contributed by atoms with Crippen molar-refractivity contribution in [1.82, 2.24) is 4.90 Å². The van der Waals surface area contributed by atoms with Crippen LogP contribution in [0.2, 0.25) is 10.0 Å². The van der Waals surface area contributed by atoms with Crippen LogP contribution in [0.15, 0.2) is 18.2 Å². The number of nitrogens with one attached hydrogen (secondary N) is 1. The van der Waals surface area contributed by atoms with Crippen LogP contribution in [0.25, 0.3) is 0 Å². The lowest BCUT2D eigenvalue weighted by Crippen LogP contribution is -2.43. The zero-order valence-corrected chi connectivity index (χ0v) is 12.7. The SMILES string of the molecule is CC(O)CN(C(=O)Nc1cc(Cl)ccc1Cl)C(C)C. The molecule has 1 unspecified atom stereocenters. The Morgan fingerprint density at radius 3 is 2.53 bits per heavy atom. The highest BCUT2D eigenvalue weighted by Crippen LogP contribution is 2.25. The smallest absolute Gasteiger partial charge is 0.322 e. The van der Waals surface area contributed by atoms with Crippen molar-refractivity contribution in [2.45, 2.75) is 32.9 Å². The monoisotopic (exact) mass is 304 g/mol. The van der Waals surface area contributed by atoms with E-state index in [1.807, 2.05) is 13.8 Å². The van der Waals surface area contributed by atoms with Crippen molar-refractivity contribution in [3.63, 3.8) is 0 Å². The normalized spacial score (nSPS) is 12.4. The molecule has 1 atom stereocenters. The van der Waals surface area contributed by atoms with Gasteiger partial charge < -0.3 is 15.3 Å². The molecule has 0 saturated carbocycles. The van der Waals surface area contributed by atoms with Gasteiger partial charge in [0.2, 0.25) is 0 Å². The van der Waals surface area contributed by atoms with E-state index in [4.69, 9.17) is 23.2 Å². The molecule has 0 aromatic heterocycles. The van der Waals surface area contributed by atoms with Crippen LogP contribution >= 0.6 is 23.2 Å². The zero-order chi connectivity index (χ0) is 14.6. The van der Waals surface area contributed by atoms with Crippen molar-refractivity contribution in [3.8, 4) is 0 Å². The molecule has 0 bridgehead atoms. The van der Waals surface area contributed by atoms with E-state index in [9.17, 15) is 9.90 Å². The number of amides is 2. The van der Waals surface area contributed by atoms with Gasteiger partial charge in [-0.3, -0.25) is 0 Å². The van der Waals surface area contributed by atoms with E-state index < -0.39 is 6.10 Å². The van der Waals surface area contributed by atoms with Gasteiger partial charge in [-0.2, -0.15) is 0 Å². The molecule has 106 valence electrons. The summed E-state index contributed by atoms with van der Waals surface area (Å²) in [4.78, 5) is 13.7. The summed E-state index contributed by atoms with van der Waals surface area (Å²) in [7, 11) is 0. The third-order valence-corrected chi connectivity index (χ3v) is 3.08. The number of halogens is 2. The molecule has 0 aliphatic heterocycles. The Morgan fingerprint density at radius 2 is 2.00 bits per heavy atom. The number of anilines is 1. The highest BCUT2D eigenvalue weighted by molar-refractivity contribution is 6.35. The van der Waals surface area contributed by atoms with Crippen molar-refractivity contribution in [2.24, 2.45) is 0 Å². The summed E-state index contributed by atoms with van der Waals surface area (Å²) < 4.78 is 0. The molecule has 1 rings (SSSR count). The maximum atomic E-state index is 12.2. The number of carbonyl (C=O) groups is 1. The van der Waals surface area contributed by atoms with Gasteiger partial charge in [0.05, 0.1) is 16.8 Å². The van der Waals surface area contributed by atoms with Gasteiger partial charge in [0, 0.05) is 17.6 Å². The molecular weight excluding hydrogens is 287 g/mol. The number of hydrogen-bond acceptors (Lipinski definition) is 2. The number of hydrogen-bond donors (Lipinski definition) is 2. The maximum Gasteiger partial charge on any atom is 0.322 e. The van der Waals surface area contributed by atoms with Crippen molar-refractivity contribution in [1.29, 1.82) is 0 Å². The Balaban J connectivity index is 2.84. The summed E-state index contributed by atoms with van der Waals surface area (Å²) in [5.74, 6) is 0. The molecule has 1 aromatic rings. The van der Waals surface area contributed by atoms with Gasteiger partial charge in [-0.25, -0.2) is 4.79 Å². The molecular formula is C13H18Cl2N2O2. The van der Waals surface area contributed by atoms with E-state index in [-0.39, 0.29) is 18.6 Å². The lowest BCUT2D eigenvalue weighted by atomic mass is 10.2. The number of urea groups is 1. The summed E-state index contributed by atoms with van der Waals surface area (Å²) in [6.07, 6.45) is -0.594. The fourth-order valence-electron chi connectivity index (χ4n) is 1.59. The van der Waals surface area contributed by atoms with Crippen LogP contribution in [0.4, 0.5) is 10.5 Å². The number of rotatable bonds is 4. The Hall–Kier alpha value is -0.970. The molecule has 0 spiro atoms. The summed E-state index contributed by atoms with van der Waals surface area (Å²) >= 11 is 11.9. The van der Waals surface area contributed by atoms with Gasteiger partial charge in [-0.15, -0.1) is 0 Å². The second-order valence-corrected chi connectivity index (χ2v) is 5.49. The topological polar surface area (TPSA) is 52.6 Å². The molecule has 0 saturated heterocycles. The van der Waals surface area contributed by atoms with Crippen molar-refractivity contribution < 1.29 is 9.90 Å². The van der Waals surface area contributed by atoms with Crippen LogP contribution in [-0.2, 0) is 0 Å². The number of benzene rings is 1. The number of aliphatic hydroxyl groups is 1. The molecule has 0 aliphatic carbocycles. The molecule has 2 amide bonds. The fraction of sp³-hybridized carbons (Fsp3) is 0.462. The first-order valence-corrected chi connectivity index (χ1v) is 6.77. The molecule has 0 heterocycles. The van der Waals surface area contributed by atoms with Gasteiger partial charge in [-0.1, -0.05) is 23.2 Å². The summed E-state index contributed by atoms with van der Waals surface area (Å²) in [5, 5.41) is 13.0. The van der Waals surface area contributed by atoms with Gasteiger partial charge in [0.1, 0.15) is 0 Å². The minimum atomic E-state index is -0.594. The standard InChI is InChI=1S/C13H18Cl2N2O2/c1-8(2)17(7-9(3)18)13(19)16-12-6-10(14)4-5-11(12)15/h4-6,8-9,18H,7H2,1-3H3,(H,16,19). The third-order valence-electron chi connectivity index (χ3n) is 2.52. The van der Waals surface area contributed by atoms with E-state index in [1.165, 1.54) is 4.90 Å². The Morgan fingerprint density at radius 1 is 1.37 bits per heavy atom. The molecule has 1 aromatic carbocycles. The molecule has 4 nitrogen and oxygen atoms in total. The fourth-order valence-corrected chi connectivity index (χ4v) is 1.93. The predicted molar refractivity (Wildman–Crippen MR) is 79.0 cm³/mol. The molecule has 19 heavy (non-hydrogen) atoms. The number of aliphatic hydroxyl groups excluding tert-OH is 1. The third kappa shape index (κ3) is 4.90. The lowest BCUT2D eigenvalue weighted by molar-refractivity contribution is 0.125. The quantitative estimate of drug-likeness (QED) is 0.892. The van der Waals surface area contributed by atoms with Gasteiger partial charge in [0.25, 0.3) is 0 Å². The summed E-state index contributed by atoms with van der Waals surface area (Å²) in [5.41, 5.74) is 0.454. The summed E-state index contributed by atoms with van der Waals surface area (Å²) in [6, 6.07) is 4.50. The maximum absolute atomic E-state index is 12.2. The van der Waals surface area contributed by atoms with Crippen LogP contribution in [0.1, 0.15) is 20.8 Å². The van der Waals surface area contributed by atoms with E-state index in [0.29, 0.717) is 15.7 Å². The van der Waals surface area contributed by atoms with Crippen LogP contribution in [0.5, 0.6) is 0 Å². The minimum Gasteiger partial charge on any atom is -0.392 e. The molecule has 0 aliphatic rings. The zero-order valence-electron chi connectivity index (χ0n) is 11.2. The number of carbonyl (C=O) groups excluding carboxylic acids is 1. The van der Waals surface area contributed by atoms with E-state index in [2.05, 4.69) is 5.32 Å². The predicted octanol–water partition coefficient (Wildman–Crippen LogP) is 3.62. The molecule has 6 heteroatoms. The second-order valence-electron chi connectivity index (χ2n) is 4.65. The Kier molecular flexibility index (Phi) is 5.91. The Labute approximate surface area is 123 Å². The van der Waals surface area contributed by atoms with E-state index >= 15 is 0 Å². The molecule has 2 N–H and O–H groups in total. The highest BCUT2D eigenvalue weighted by Gasteiger charge is 2.19. The average molecular weight is 305 g/mol. The first-order valence-electron chi connectivity index (χ1n) is 6.02. The van der Waals surface area contributed by atoms with E-state index in [0.717, 1.165) is 0 Å². The Bertz CT molecular complexity index is 450. The van der Waals surface area contributed by atoms with Crippen LogP contribution in [0.3, 0.4) is 0 Å². The van der Waals surface area contributed by atoms with Crippen molar-refractivity contribution in [3.05, 3.63) is 28.2 Å². The van der Waals surface area contributed by atoms with Gasteiger partial charge in [0.15, 0.2) is 0 Å². The van der Waals surface area contributed by atoms with Crippen molar-refractivity contribution in [2.75, 3.05) is 11.9 Å². The second kappa shape index (κ2) is 6.98. The largest absolute Gasteiger partial charge is 0.392 e. The van der Waals surface area contributed by atoms with Crippen LogP contribution in [-0.4, -0.2) is 34.7 Å². The number of nitrogens with zero attached hydrogens (tertiary/aromatic N) is 1. The highest BCUT2D eigenvalue weighted by atomic mass is 35.5. The van der Waals surface area contributed by atoms with Gasteiger partial charge >= 0.3 is 6.03 Å². The molecule has 0 radical (unpaired) electrons. The van der Waals surface area contributed by atoms with Crippen LogP contribution < -0.4 is 5.32 Å². The lowest BCUT2D eigenvalue weighted by Gasteiger charge is -2.28. The first-order chi connectivity index (χ1) is 8.81. The van der Waals surface area contributed by atoms with Crippen LogP contribution in [0, 0.1) is 0 Å². The van der Waals surface area contributed by atoms with E-state index in [1.54, 1.807) is 25.1 Å². The average Bonchev–Trinajstić information content (AvgIpc) is 2.30. The van der Waals surface area contributed by atoms with Crippen molar-refractivity contribution >= 4 is 34.9 Å². The summed E-state index contributed by atoms with van der Waals surface area (Å²) in [6.45, 7) is 5.64. The van der Waals surface area contributed by atoms with Gasteiger partial charge in [-0.05, 0) is 39.0 Å². The first kappa shape index (κ1) is 16.1. The minimum absolute atomic E-state index is 0.0347.